The summed E-state index contributed by atoms with van der Waals surface area (Å²) in [6.45, 7) is 5.26. The molecular weight excluding hydrogens is 340 g/mol. The minimum atomic E-state index is -0.613. The molecule has 0 saturated carbocycles. The monoisotopic (exact) mass is 362 g/mol. The number of carbonyl (C=O) groups is 2. The molecule has 27 heavy (non-hydrogen) atoms. The van der Waals surface area contributed by atoms with Crippen LogP contribution in [-0.2, 0) is 27.4 Å². The molecule has 5 heteroatoms. The standard InChI is InChI=1S/C22H22N2O3/c1-2-21(25)24-11-10-23-13-20(24)22(26)27-14-16-7-5-9-18-17-8-4-3-6-15(17)12-19(16)18/h2-9,20,23H,1,10-14H2. The summed E-state index contributed by atoms with van der Waals surface area (Å²) in [7, 11) is 0. The number of nitrogens with one attached hydrogen (secondary N) is 1. The molecule has 5 nitrogen and oxygen atoms in total. The summed E-state index contributed by atoms with van der Waals surface area (Å²) < 4.78 is 5.61. The molecule has 2 aliphatic rings. The predicted octanol–water partition coefficient (Wildman–Crippen LogP) is 2.29. The number of hydrogen-bond acceptors (Lipinski definition) is 4. The average molecular weight is 362 g/mol. The molecule has 1 aliphatic heterocycles. The molecule has 2 aromatic carbocycles. The molecule has 4 rings (SSSR count). The van der Waals surface area contributed by atoms with Crippen LogP contribution in [0.3, 0.4) is 0 Å². The maximum absolute atomic E-state index is 12.6. The lowest BCUT2D eigenvalue weighted by atomic mass is 10.0. The zero-order valence-corrected chi connectivity index (χ0v) is 15.1. The summed E-state index contributed by atoms with van der Waals surface area (Å²) in [6.07, 6.45) is 2.10. The van der Waals surface area contributed by atoms with Crippen LogP contribution in [0.4, 0.5) is 0 Å². The van der Waals surface area contributed by atoms with Gasteiger partial charge in [-0.25, -0.2) is 4.79 Å². The molecule has 1 heterocycles. The minimum absolute atomic E-state index is 0.211. The Kier molecular flexibility index (Phi) is 4.77. The van der Waals surface area contributed by atoms with Gasteiger partial charge in [0.05, 0.1) is 0 Å². The van der Waals surface area contributed by atoms with E-state index in [1.54, 1.807) is 0 Å². The van der Waals surface area contributed by atoms with E-state index in [1.807, 2.05) is 24.3 Å². The normalized spacial score (nSPS) is 17.8. The number of nitrogens with zero attached hydrogens (tertiary/aromatic N) is 1. The summed E-state index contributed by atoms with van der Waals surface area (Å²) in [5.41, 5.74) is 5.99. The van der Waals surface area contributed by atoms with E-state index in [4.69, 9.17) is 4.74 Å². The van der Waals surface area contributed by atoms with Crippen LogP contribution in [0.15, 0.2) is 55.1 Å². The lowest BCUT2D eigenvalue weighted by molar-refractivity contribution is -0.156. The Bertz CT molecular complexity index is 906. The predicted molar refractivity (Wildman–Crippen MR) is 103 cm³/mol. The van der Waals surface area contributed by atoms with Gasteiger partial charge in [-0.2, -0.15) is 0 Å². The molecule has 0 radical (unpaired) electrons. The maximum Gasteiger partial charge on any atom is 0.330 e. The van der Waals surface area contributed by atoms with E-state index in [9.17, 15) is 9.59 Å². The summed E-state index contributed by atoms with van der Waals surface area (Å²) >= 11 is 0. The van der Waals surface area contributed by atoms with E-state index < -0.39 is 6.04 Å². The summed E-state index contributed by atoms with van der Waals surface area (Å²) in [5.74, 6) is -0.625. The number of carbonyl (C=O) groups excluding carboxylic acids is 2. The number of esters is 1. The van der Waals surface area contributed by atoms with Gasteiger partial charge in [-0.15, -0.1) is 0 Å². The number of fused-ring (bicyclic) bond motifs is 3. The van der Waals surface area contributed by atoms with Gasteiger partial charge in [0.1, 0.15) is 12.6 Å². The quantitative estimate of drug-likeness (QED) is 0.571. The first-order valence-corrected chi connectivity index (χ1v) is 9.18. The fourth-order valence-electron chi connectivity index (χ4n) is 3.90. The van der Waals surface area contributed by atoms with Crippen molar-refractivity contribution >= 4 is 11.9 Å². The highest BCUT2D eigenvalue weighted by atomic mass is 16.5. The van der Waals surface area contributed by atoms with Crippen LogP contribution in [-0.4, -0.2) is 42.5 Å². The van der Waals surface area contributed by atoms with Gasteiger partial charge in [0.2, 0.25) is 5.91 Å². The Morgan fingerprint density at radius 2 is 2.00 bits per heavy atom. The lowest BCUT2D eigenvalue weighted by Gasteiger charge is -2.33. The largest absolute Gasteiger partial charge is 0.459 e. The maximum atomic E-state index is 12.6. The van der Waals surface area contributed by atoms with Crippen molar-refractivity contribution in [2.24, 2.45) is 0 Å². The van der Waals surface area contributed by atoms with E-state index in [1.165, 1.54) is 33.2 Å². The molecule has 1 amide bonds. The fraction of sp³-hybridized carbons (Fsp3) is 0.273. The first-order valence-electron chi connectivity index (χ1n) is 9.18. The van der Waals surface area contributed by atoms with Crippen LogP contribution in [0.1, 0.15) is 16.7 Å². The third kappa shape index (κ3) is 3.26. The average Bonchev–Trinajstić information content (AvgIpc) is 3.10. The van der Waals surface area contributed by atoms with Crippen LogP contribution >= 0.6 is 0 Å². The molecule has 138 valence electrons. The van der Waals surface area contributed by atoms with Gasteiger partial charge >= 0.3 is 5.97 Å². The van der Waals surface area contributed by atoms with Gasteiger partial charge in [-0.3, -0.25) is 4.79 Å². The molecule has 1 N–H and O–H groups in total. The zero-order valence-electron chi connectivity index (χ0n) is 15.1. The van der Waals surface area contributed by atoms with Crippen LogP contribution in [0.2, 0.25) is 0 Å². The fourth-order valence-corrected chi connectivity index (χ4v) is 3.90. The smallest absolute Gasteiger partial charge is 0.330 e. The molecule has 1 atom stereocenters. The number of ether oxygens (including phenoxy) is 1. The van der Waals surface area contributed by atoms with Crippen molar-refractivity contribution in [3.8, 4) is 11.1 Å². The van der Waals surface area contributed by atoms with Gasteiger partial charge in [0.15, 0.2) is 0 Å². The second kappa shape index (κ2) is 7.37. The first-order chi connectivity index (χ1) is 13.2. The van der Waals surface area contributed by atoms with Crippen molar-refractivity contribution in [1.82, 2.24) is 10.2 Å². The highest BCUT2D eigenvalue weighted by Crippen LogP contribution is 2.38. The minimum Gasteiger partial charge on any atom is -0.459 e. The number of piperazine rings is 1. The van der Waals surface area contributed by atoms with Crippen LogP contribution < -0.4 is 5.32 Å². The Balaban J connectivity index is 1.49. The molecule has 1 fully saturated rings. The Hall–Kier alpha value is -2.92. The molecule has 1 aliphatic carbocycles. The Labute approximate surface area is 158 Å². The summed E-state index contributed by atoms with van der Waals surface area (Å²) in [4.78, 5) is 26.2. The number of rotatable bonds is 4. The van der Waals surface area contributed by atoms with Crippen LogP contribution in [0.25, 0.3) is 11.1 Å². The van der Waals surface area contributed by atoms with Crippen molar-refractivity contribution in [2.45, 2.75) is 19.1 Å². The molecule has 0 aromatic heterocycles. The number of amides is 1. The van der Waals surface area contributed by atoms with E-state index in [0.717, 1.165) is 12.0 Å². The molecule has 1 saturated heterocycles. The van der Waals surface area contributed by atoms with E-state index >= 15 is 0 Å². The Morgan fingerprint density at radius 3 is 2.85 bits per heavy atom. The van der Waals surface area contributed by atoms with Crippen molar-refractivity contribution in [3.63, 3.8) is 0 Å². The topological polar surface area (TPSA) is 58.6 Å². The third-order valence-corrected chi connectivity index (χ3v) is 5.29. The summed E-state index contributed by atoms with van der Waals surface area (Å²) in [5, 5.41) is 3.15. The highest BCUT2D eigenvalue weighted by molar-refractivity contribution is 5.91. The lowest BCUT2D eigenvalue weighted by Crippen LogP contribution is -2.57. The van der Waals surface area contributed by atoms with Crippen molar-refractivity contribution in [3.05, 3.63) is 71.8 Å². The van der Waals surface area contributed by atoms with E-state index in [0.29, 0.717) is 19.6 Å². The number of hydrogen-bond donors (Lipinski definition) is 1. The van der Waals surface area contributed by atoms with Crippen molar-refractivity contribution in [2.75, 3.05) is 19.6 Å². The van der Waals surface area contributed by atoms with Crippen molar-refractivity contribution < 1.29 is 14.3 Å². The summed E-state index contributed by atoms with van der Waals surface area (Å²) in [6, 6.07) is 13.9. The van der Waals surface area contributed by atoms with Crippen molar-refractivity contribution in [1.29, 1.82) is 0 Å². The molecule has 0 bridgehead atoms. The van der Waals surface area contributed by atoms with Crippen LogP contribution in [0.5, 0.6) is 0 Å². The zero-order chi connectivity index (χ0) is 18.8. The van der Waals surface area contributed by atoms with Gasteiger partial charge in [0, 0.05) is 19.6 Å². The number of benzene rings is 2. The highest BCUT2D eigenvalue weighted by Gasteiger charge is 2.32. The second-order valence-corrected chi connectivity index (χ2v) is 6.84. The van der Waals surface area contributed by atoms with Gasteiger partial charge < -0.3 is 15.0 Å². The van der Waals surface area contributed by atoms with Gasteiger partial charge in [-0.05, 0) is 40.3 Å². The second-order valence-electron chi connectivity index (χ2n) is 6.84. The van der Waals surface area contributed by atoms with E-state index in [2.05, 4.69) is 30.1 Å². The first kappa shape index (κ1) is 17.5. The molecular formula is C22H22N2O3. The van der Waals surface area contributed by atoms with Crippen LogP contribution in [0, 0.1) is 0 Å². The van der Waals surface area contributed by atoms with Gasteiger partial charge in [-0.1, -0.05) is 49.0 Å². The van der Waals surface area contributed by atoms with E-state index in [-0.39, 0.29) is 18.5 Å². The molecule has 1 unspecified atom stereocenters. The van der Waals surface area contributed by atoms with Gasteiger partial charge in [0.25, 0.3) is 0 Å². The molecule has 2 aromatic rings. The Morgan fingerprint density at radius 1 is 1.19 bits per heavy atom. The molecule has 0 spiro atoms. The SMILES string of the molecule is C=CC(=O)N1CCNCC1C(=O)OCc1cccc2c1Cc1ccccc1-2. The third-order valence-electron chi connectivity index (χ3n) is 5.29.